The van der Waals surface area contributed by atoms with Gasteiger partial charge in [-0.05, 0) is 51.3 Å². The number of nitrogens with one attached hydrogen (secondary N) is 1. The summed E-state index contributed by atoms with van der Waals surface area (Å²) in [6.07, 6.45) is 3.14. The Morgan fingerprint density at radius 3 is 2.31 bits per heavy atom. The van der Waals surface area contributed by atoms with Crippen molar-refractivity contribution in [1.82, 2.24) is 15.1 Å². The van der Waals surface area contributed by atoms with E-state index in [2.05, 4.69) is 17.4 Å². The van der Waals surface area contributed by atoms with Crippen molar-refractivity contribution in [2.24, 2.45) is 0 Å². The molecule has 0 saturated carbocycles. The SMILES string of the molecule is CCCN(CC(=O)N(CCc1ccccc1)Cc1ccco1)C(=O)NC(C)(C)C. The van der Waals surface area contributed by atoms with Crippen LogP contribution in [0.15, 0.2) is 53.1 Å². The van der Waals surface area contributed by atoms with E-state index in [4.69, 9.17) is 4.42 Å². The molecule has 6 heteroatoms. The molecular formula is C23H33N3O3. The second kappa shape index (κ2) is 10.7. The van der Waals surface area contributed by atoms with Gasteiger partial charge in [0.15, 0.2) is 0 Å². The number of nitrogens with zero attached hydrogens (tertiary/aromatic N) is 2. The zero-order chi connectivity index (χ0) is 21.3. The van der Waals surface area contributed by atoms with Gasteiger partial charge >= 0.3 is 6.03 Å². The second-order valence-electron chi connectivity index (χ2n) is 8.23. The Bertz CT molecular complexity index is 751. The van der Waals surface area contributed by atoms with Gasteiger partial charge in [-0.3, -0.25) is 4.79 Å². The van der Waals surface area contributed by atoms with Crippen LogP contribution >= 0.6 is 0 Å². The second-order valence-corrected chi connectivity index (χ2v) is 8.23. The number of urea groups is 1. The first-order valence-corrected chi connectivity index (χ1v) is 10.2. The van der Waals surface area contributed by atoms with E-state index in [0.29, 0.717) is 19.6 Å². The molecule has 0 spiro atoms. The first-order valence-electron chi connectivity index (χ1n) is 10.2. The number of hydrogen-bond donors (Lipinski definition) is 1. The Balaban J connectivity index is 2.07. The summed E-state index contributed by atoms with van der Waals surface area (Å²) in [5.74, 6) is 0.641. The van der Waals surface area contributed by atoms with Crippen LogP contribution in [-0.2, 0) is 17.8 Å². The van der Waals surface area contributed by atoms with Gasteiger partial charge in [-0.15, -0.1) is 0 Å². The van der Waals surface area contributed by atoms with Gasteiger partial charge in [0.05, 0.1) is 12.8 Å². The lowest BCUT2D eigenvalue weighted by Gasteiger charge is -2.30. The molecule has 6 nitrogen and oxygen atoms in total. The fraction of sp³-hybridized carbons (Fsp3) is 0.478. The normalized spacial score (nSPS) is 11.2. The Hall–Kier alpha value is -2.76. The van der Waals surface area contributed by atoms with Crippen LogP contribution in [0.3, 0.4) is 0 Å². The van der Waals surface area contributed by atoms with Crippen molar-refractivity contribution < 1.29 is 14.0 Å². The lowest BCUT2D eigenvalue weighted by molar-refractivity contribution is -0.132. The zero-order valence-electron chi connectivity index (χ0n) is 18.0. The molecule has 29 heavy (non-hydrogen) atoms. The molecule has 0 radical (unpaired) electrons. The molecule has 2 rings (SSSR count). The molecule has 0 atom stereocenters. The van der Waals surface area contributed by atoms with Crippen molar-refractivity contribution in [1.29, 1.82) is 0 Å². The minimum absolute atomic E-state index is 0.0469. The lowest BCUT2D eigenvalue weighted by Crippen LogP contribution is -2.51. The minimum atomic E-state index is -0.354. The molecule has 0 aliphatic heterocycles. The molecule has 2 aromatic rings. The number of rotatable bonds is 9. The lowest BCUT2D eigenvalue weighted by atomic mass is 10.1. The van der Waals surface area contributed by atoms with Crippen LogP contribution in [0.5, 0.6) is 0 Å². The van der Waals surface area contributed by atoms with E-state index in [1.54, 1.807) is 16.1 Å². The summed E-state index contributed by atoms with van der Waals surface area (Å²) in [5.41, 5.74) is 0.813. The van der Waals surface area contributed by atoms with Crippen molar-refractivity contribution in [2.45, 2.75) is 52.6 Å². The number of carbonyl (C=O) groups excluding carboxylic acids is 2. The number of carbonyl (C=O) groups is 2. The molecule has 1 N–H and O–H groups in total. The van der Waals surface area contributed by atoms with E-state index < -0.39 is 0 Å². The van der Waals surface area contributed by atoms with Gasteiger partial charge in [0.25, 0.3) is 0 Å². The van der Waals surface area contributed by atoms with Crippen LogP contribution in [-0.4, -0.2) is 46.9 Å². The maximum absolute atomic E-state index is 13.1. The van der Waals surface area contributed by atoms with Crippen molar-refractivity contribution in [3.63, 3.8) is 0 Å². The predicted octanol–water partition coefficient (Wildman–Crippen LogP) is 4.07. The average molecular weight is 400 g/mol. The molecule has 1 aromatic heterocycles. The number of benzene rings is 1. The molecular weight excluding hydrogens is 366 g/mol. The summed E-state index contributed by atoms with van der Waals surface area (Å²) >= 11 is 0. The highest BCUT2D eigenvalue weighted by atomic mass is 16.3. The van der Waals surface area contributed by atoms with Crippen LogP contribution in [0.1, 0.15) is 45.4 Å². The Morgan fingerprint density at radius 1 is 1.00 bits per heavy atom. The smallest absolute Gasteiger partial charge is 0.318 e. The quantitative estimate of drug-likeness (QED) is 0.691. The largest absolute Gasteiger partial charge is 0.467 e. The first kappa shape index (κ1) is 22.5. The third kappa shape index (κ3) is 8.02. The van der Waals surface area contributed by atoms with Gasteiger partial charge < -0.3 is 19.5 Å². The van der Waals surface area contributed by atoms with E-state index in [1.807, 2.05) is 58.0 Å². The molecule has 0 aliphatic rings. The van der Waals surface area contributed by atoms with Crippen LogP contribution < -0.4 is 5.32 Å². The van der Waals surface area contributed by atoms with E-state index >= 15 is 0 Å². The van der Waals surface area contributed by atoms with Crippen LogP contribution in [0.4, 0.5) is 4.79 Å². The minimum Gasteiger partial charge on any atom is -0.467 e. The Kier molecular flexibility index (Phi) is 8.31. The molecule has 0 aliphatic carbocycles. The topological polar surface area (TPSA) is 65.8 Å². The maximum atomic E-state index is 13.1. The van der Waals surface area contributed by atoms with Gasteiger partial charge in [0.1, 0.15) is 12.3 Å². The third-order valence-electron chi connectivity index (χ3n) is 4.38. The summed E-state index contributed by atoms with van der Waals surface area (Å²) in [4.78, 5) is 29.1. The summed E-state index contributed by atoms with van der Waals surface area (Å²) in [5, 5.41) is 2.95. The van der Waals surface area contributed by atoms with Crippen molar-refractivity contribution >= 4 is 11.9 Å². The monoisotopic (exact) mass is 399 g/mol. The highest BCUT2D eigenvalue weighted by Crippen LogP contribution is 2.10. The van der Waals surface area contributed by atoms with Gasteiger partial charge in [-0.1, -0.05) is 37.3 Å². The molecule has 1 aromatic carbocycles. The van der Waals surface area contributed by atoms with E-state index in [0.717, 1.165) is 18.6 Å². The maximum Gasteiger partial charge on any atom is 0.318 e. The number of amides is 3. The van der Waals surface area contributed by atoms with Crippen LogP contribution in [0.2, 0.25) is 0 Å². The molecule has 0 bridgehead atoms. The first-order chi connectivity index (χ1) is 13.8. The molecule has 0 saturated heterocycles. The molecule has 0 unspecified atom stereocenters. The number of furan rings is 1. The summed E-state index contributed by atoms with van der Waals surface area (Å²) in [7, 11) is 0. The van der Waals surface area contributed by atoms with E-state index in [1.165, 1.54) is 5.56 Å². The fourth-order valence-electron chi connectivity index (χ4n) is 2.98. The Labute approximate surface area is 173 Å². The van der Waals surface area contributed by atoms with Gasteiger partial charge in [0.2, 0.25) is 5.91 Å². The zero-order valence-corrected chi connectivity index (χ0v) is 18.0. The Morgan fingerprint density at radius 2 is 1.72 bits per heavy atom. The summed E-state index contributed by atoms with van der Waals surface area (Å²) in [6, 6.07) is 13.5. The molecule has 0 fully saturated rings. The van der Waals surface area contributed by atoms with Gasteiger partial charge in [-0.2, -0.15) is 0 Å². The van der Waals surface area contributed by atoms with Crippen LogP contribution in [0.25, 0.3) is 0 Å². The summed E-state index contributed by atoms with van der Waals surface area (Å²) in [6.45, 7) is 9.31. The average Bonchev–Trinajstić information content (AvgIpc) is 3.17. The van der Waals surface area contributed by atoms with Gasteiger partial charge in [-0.25, -0.2) is 4.79 Å². The highest BCUT2D eigenvalue weighted by Gasteiger charge is 2.24. The third-order valence-corrected chi connectivity index (χ3v) is 4.38. The standard InChI is InChI=1S/C23H33N3O3/c1-5-14-26(22(28)24-23(2,3)4)18-21(27)25(17-20-12-9-16-29-20)15-13-19-10-7-6-8-11-19/h6-12,16H,5,13-15,17-18H2,1-4H3,(H,24,28). The predicted molar refractivity (Wildman–Crippen MR) is 114 cm³/mol. The van der Waals surface area contributed by atoms with Crippen molar-refractivity contribution in [3.05, 3.63) is 60.1 Å². The van der Waals surface area contributed by atoms with Crippen molar-refractivity contribution in [2.75, 3.05) is 19.6 Å². The molecule has 3 amide bonds. The van der Waals surface area contributed by atoms with Crippen molar-refractivity contribution in [3.8, 4) is 0 Å². The van der Waals surface area contributed by atoms with Gasteiger partial charge in [0, 0.05) is 18.6 Å². The van der Waals surface area contributed by atoms with E-state index in [-0.39, 0.29) is 24.0 Å². The fourth-order valence-corrected chi connectivity index (χ4v) is 2.98. The number of hydrogen-bond acceptors (Lipinski definition) is 3. The van der Waals surface area contributed by atoms with E-state index in [9.17, 15) is 9.59 Å². The molecule has 1 heterocycles. The van der Waals surface area contributed by atoms with Crippen LogP contribution in [0, 0.1) is 0 Å². The highest BCUT2D eigenvalue weighted by molar-refractivity contribution is 5.84. The molecule has 158 valence electrons. The summed E-state index contributed by atoms with van der Waals surface area (Å²) < 4.78 is 5.45.